The van der Waals surface area contributed by atoms with E-state index in [1.165, 1.54) is 11.8 Å². The Labute approximate surface area is 175 Å². The average molecular weight is 407 g/mol. The average Bonchev–Trinajstić information content (AvgIpc) is 2.92. The van der Waals surface area contributed by atoms with Gasteiger partial charge in [0.05, 0.1) is 11.1 Å². The molecule has 0 saturated heterocycles. The minimum Gasteiger partial charge on any atom is -0.461 e. The normalized spacial score (nSPS) is 12.9. The zero-order valence-corrected chi connectivity index (χ0v) is 17.7. The highest BCUT2D eigenvalue weighted by atomic mass is 16.5. The van der Waals surface area contributed by atoms with Gasteiger partial charge in [0.25, 0.3) is 11.8 Å². The number of aryl methyl sites for hydroxylation is 2. The molecule has 1 heterocycles. The molecule has 0 saturated carbocycles. The maximum absolute atomic E-state index is 12.3. The number of carbonyl (C=O) groups excluding carboxylic acids is 4. The van der Waals surface area contributed by atoms with Gasteiger partial charge < -0.3 is 4.74 Å². The Morgan fingerprint density at radius 2 is 1.57 bits per heavy atom. The molecule has 0 fully saturated rings. The Morgan fingerprint density at radius 3 is 2.13 bits per heavy atom. The van der Waals surface area contributed by atoms with E-state index in [-0.39, 0.29) is 37.2 Å². The van der Waals surface area contributed by atoms with E-state index in [0.29, 0.717) is 23.1 Å². The lowest BCUT2D eigenvalue weighted by Crippen LogP contribution is -2.31. The Hall–Kier alpha value is -3.28. The summed E-state index contributed by atoms with van der Waals surface area (Å²) < 4.78 is 5.41. The van der Waals surface area contributed by atoms with Gasteiger partial charge in [-0.3, -0.25) is 24.1 Å². The second-order valence-corrected chi connectivity index (χ2v) is 7.62. The van der Waals surface area contributed by atoms with E-state index in [1.807, 2.05) is 26.8 Å². The summed E-state index contributed by atoms with van der Waals surface area (Å²) in [5.74, 6) is -1.08. The Kier molecular flexibility index (Phi) is 6.15. The lowest BCUT2D eigenvalue weighted by atomic mass is 9.92. The topological polar surface area (TPSA) is 80.8 Å². The van der Waals surface area contributed by atoms with Crippen molar-refractivity contribution >= 4 is 23.6 Å². The minimum atomic E-state index is -0.407. The van der Waals surface area contributed by atoms with Crippen molar-refractivity contribution in [3.63, 3.8) is 0 Å². The molecule has 1 aliphatic heterocycles. The Balaban J connectivity index is 1.56. The number of benzene rings is 2. The van der Waals surface area contributed by atoms with Crippen molar-refractivity contribution in [1.82, 2.24) is 4.90 Å². The zero-order valence-electron chi connectivity index (χ0n) is 17.7. The summed E-state index contributed by atoms with van der Waals surface area (Å²) in [5, 5.41) is 0. The lowest BCUT2D eigenvalue weighted by Gasteiger charge is -2.16. The third kappa shape index (κ3) is 4.03. The smallest absolute Gasteiger partial charge is 0.306 e. The quantitative estimate of drug-likeness (QED) is 0.395. The van der Waals surface area contributed by atoms with E-state index in [0.717, 1.165) is 22.3 Å². The van der Waals surface area contributed by atoms with E-state index in [1.54, 1.807) is 24.3 Å². The van der Waals surface area contributed by atoms with Crippen molar-refractivity contribution in [1.29, 1.82) is 0 Å². The monoisotopic (exact) mass is 407 g/mol. The van der Waals surface area contributed by atoms with Crippen LogP contribution in [0.25, 0.3) is 0 Å². The van der Waals surface area contributed by atoms with Gasteiger partial charge in [0.1, 0.15) is 6.61 Å². The molecular weight excluding hydrogens is 382 g/mol. The van der Waals surface area contributed by atoms with Gasteiger partial charge in [-0.25, -0.2) is 0 Å². The number of ketones is 1. The van der Waals surface area contributed by atoms with Gasteiger partial charge in [0.15, 0.2) is 5.78 Å². The number of ether oxygens (including phenoxy) is 1. The summed E-state index contributed by atoms with van der Waals surface area (Å²) in [6.07, 6.45) is 0.422. The first-order chi connectivity index (χ1) is 14.2. The maximum Gasteiger partial charge on any atom is 0.306 e. The van der Waals surface area contributed by atoms with Gasteiger partial charge in [0.2, 0.25) is 0 Å². The van der Waals surface area contributed by atoms with Crippen LogP contribution in [0.2, 0.25) is 0 Å². The molecule has 30 heavy (non-hydrogen) atoms. The molecule has 3 rings (SSSR count). The zero-order chi connectivity index (χ0) is 22.0. The highest BCUT2D eigenvalue weighted by Gasteiger charge is 2.34. The van der Waals surface area contributed by atoms with Crippen LogP contribution in [0.5, 0.6) is 0 Å². The lowest BCUT2D eigenvalue weighted by molar-refractivity contribution is -0.145. The minimum absolute atomic E-state index is 0.0153. The fourth-order valence-corrected chi connectivity index (χ4v) is 4.04. The molecule has 2 aromatic carbocycles. The number of hydrogen-bond acceptors (Lipinski definition) is 5. The van der Waals surface area contributed by atoms with E-state index < -0.39 is 5.97 Å². The molecule has 6 nitrogen and oxygen atoms in total. The summed E-state index contributed by atoms with van der Waals surface area (Å²) in [4.78, 5) is 50.0. The van der Waals surface area contributed by atoms with Crippen molar-refractivity contribution in [2.24, 2.45) is 0 Å². The molecule has 2 amide bonds. The Bertz CT molecular complexity index is 1020. The number of Topliss-reactive ketones (excluding diaryl/α,β-unsaturated/α-hetero) is 1. The van der Waals surface area contributed by atoms with Crippen molar-refractivity contribution in [2.45, 2.75) is 47.1 Å². The number of esters is 1. The first kappa shape index (κ1) is 21.4. The number of rotatable bonds is 7. The maximum atomic E-state index is 12.3. The Morgan fingerprint density at radius 1 is 0.967 bits per heavy atom. The molecule has 2 aromatic rings. The highest BCUT2D eigenvalue weighted by molar-refractivity contribution is 6.21. The van der Waals surface area contributed by atoms with E-state index >= 15 is 0 Å². The van der Waals surface area contributed by atoms with Crippen LogP contribution in [-0.4, -0.2) is 35.0 Å². The molecule has 0 aliphatic carbocycles. The molecule has 0 atom stereocenters. The van der Waals surface area contributed by atoms with E-state index in [4.69, 9.17) is 4.74 Å². The van der Waals surface area contributed by atoms with Crippen LogP contribution in [0.3, 0.4) is 0 Å². The predicted molar refractivity (Wildman–Crippen MR) is 111 cm³/mol. The molecular formula is C24H25NO5. The molecule has 0 N–H and O–H groups in total. The largest absolute Gasteiger partial charge is 0.461 e. The summed E-state index contributed by atoms with van der Waals surface area (Å²) in [6.45, 7) is 7.46. The van der Waals surface area contributed by atoms with Crippen molar-refractivity contribution in [2.75, 3.05) is 6.54 Å². The van der Waals surface area contributed by atoms with Gasteiger partial charge in [-0.05, 0) is 68.5 Å². The van der Waals surface area contributed by atoms with Gasteiger partial charge in [-0.1, -0.05) is 18.2 Å². The van der Waals surface area contributed by atoms with Gasteiger partial charge >= 0.3 is 5.97 Å². The third-order valence-corrected chi connectivity index (χ3v) is 5.50. The number of fused-ring (bicyclic) bond motifs is 1. The van der Waals surface area contributed by atoms with Gasteiger partial charge in [-0.15, -0.1) is 0 Å². The summed E-state index contributed by atoms with van der Waals surface area (Å²) in [6, 6.07) is 8.63. The summed E-state index contributed by atoms with van der Waals surface area (Å²) >= 11 is 0. The molecule has 0 aromatic heterocycles. The molecule has 0 spiro atoms. The van der Waals surface area contributed by atoms with Crippen LogP contribution in [-0.2, 0) is 16.1 Å². The fraction of sp³-hybridized carbons (Fsp3) is 0.333. The van der Waals surface area contributed by atoms with E-state index in [9.17, 15) is 19.2 Å². The first-order valence-electron chi connectivity index (χ1n) is 9.93. The molecule has 156 valence electrons. The standard InChI is InChI=1S/C24H25NO5/c1-14-12-15(2)22(17(4)26)16(3)20(14)13-30-21(27)10-7-11-25-23(28)18-8-5-6-9-19(18)24(25)29/h5-6,8-9,12H,7,10-11,13H2,1-4H3. The van der Waals surface area contributed by atoms with Crippen LogP contribution in [0.1, 0.15) is 73.1 Å². The number of amides is 2. The van der Waals surface area contributed by atoms with Crippen LogP contribution in [0, 0.1) is 20.8 Å². The molecule has 0 unspecified atom stereocenters. The van der Waals surface area contributed by atoms with Crippen LogP contribution in [0.4, 0.5) is 0 Å². The summed E-state index contributed by atoms with van der Waals surface area (Å²) in [7, 11) is 0. The highest BCUT2D eigenvalue weighted by Crippen LogP contribution is 2.24. The number of nitrogens with zero attached hydrogens (tertiary/aromatic N) is 1. The van der Waals surface area contributed by atoms with Crippen molar-refractivity contribution in [3.8, 4) is 0 Å². The fourth-order valence-electron chi connectivity index (χ4n) is 4.04. The van der Waals surface area contributed by atoms with Crippen LogP contribution < -0.4 is 0 Å². The number of imide groups is 1. The van der Waals surface area contributed by atoms with Gasteiger partial charge in [-0.2, -0.15) is 0 Å². The predicted octanol–water partition coefficient (Wildman–Crippen LogP) is 3.93. The van der Waals surface area contributed by atoms with Gasteiger partial charge in [0, 0.05) is 18.5 Å². The van der Waals surface area contributed by atoms with Crippen molar-refractivity contribution in [3.05, 3.63) is 69.3 Å². The van der Waals surface area contributed by atoms with E-state index in [2.05, 4.69) is 0 Å². The first-order valence-corrected chi connectivity index (χ1v) is 9.93. The number of carbonyl (C=O) groups is 4. The third-order valence-electron chi connectivity index (χ3n) is 5.50. The molecule has 0 bridgehead atoms. The second kappa shape index (κ2) is 8.61. The van der Waals surface area contributed by atoms with Crippen LogP contribution in [0.15, 0.2) is 30.3 Å². The SMILES string of the molecule is CC(=O)c1c(C)cc(C)c(COC(=O)CCCN2C(=O)c3ccccc3C2=O)c1C. The second-order valence-electron chi connectivity index (χ2n) is 7.62. The van der Waals surface area contributed by atoms with Crippen molar-refractivity contribution < 1.29 is 23.9 Å². The molecule has 6 heteroatoms. The molecule has 1 aliphatic rings. The number of hydrogen-bond donors (Lipinski definition) is 0. The summed E-state index contributed by atoms with van der Waals surface area (Å²) in [5.41, 5.74) is 5.01. The molecule has 0 radical (unpaired) electrons. The van der Waals surface area contributed by atoms with Crippen LogP contribution >= 0.6 is 0 Å².